The van der Waals surface area contributed by atoms with Crippen molar-refractivity contribution in [2.45, 2.75) is 32.4 Å². The molecule has 3 atom stereocenters. The Labute approximate surface area is 238 Å². The van der Waals surface area contributed by atoms with Gasteiger partial charge in [0.25, 0.3) is 0 Å². The summed E-state index contributed by atoms with van der Waals surface area (Å²) >= 11 is 0. The molecular weight excluding hydrogens is 494 g/mol. The Balaban J connectivity index is 1.24. The molecule has 0 saturated heterocycles. The predicted molar refractivity (Wildman–Crippen MR) is 163 cm³/mol. The maximum absolute atomic E-state index is 12.2. The second-order valence-corrected chi connectivity index (χ2v) is 10.5. The summed E-state index contributed by atoms with van der Waals surface area (Å²) < 4.78 is 0. The number of urea groups is 1. The van der Waals surface area contributed by atoms with E-state index in [2.05, 4.69) is 46.1 Å². The lowest BCUT2D eigenvalue weighted by Crippen LogP contribution is -2.28. The molecule has 4 N–H and O–H groups in total. The van der Waals surface area contributed by atoms with Gasteiger partial charge in [-0.15, -0.1) is 0 Å². The highest BCUT2D eigenvalue weighted by Gasteiger charge is 2.33. The number of nitrogens with one attached hydrogen (secondary N) is 3. The zero-order chi connectivity index (χ0) is 28.1. The van der Waals surface area contributed by atoms with Crippen LogP contribution in [-0.4, -0.2) is 39.6 Å². The van der Waals surface area contributed by atoms with E-state index in [-0.39, 0.29) is 23.8 Å². The van der Waals surface area contributed by atoms with Crippen molar-refractivity contribution >= 4 is 39.1 Å². The third-order valence-corrected chi connectivity index (χ3v) is 7.64. The van der Waals surface area contributed by atoms with Crippen LogP contribution in [0.4, 0.5) is 10.5 Å². The fourth-order valence-electron chi connectivity index (χ4n) is 5.61. The van der Waals surface area contributed by atoms with E-state index in [4.69, 9.17) is 15.7 Å². The molecule has 1 aliphatic carbocycles. The molecule has 3 aromatic carbocycles. The summed E-state index contributed by atoms with van der Waals surface area (Å²) in [5.41, 5.74) is 7.34. The Bertz CT molecular complexity index is 1470. The monoisotopic (exact) mass is 526 g/mol. The molecule has 3 aromatic rings. The third-order valence-electron chi connectivity index (χ3n) is 7.64. The first kappa shape index (κ1) is 27.4. The van der Waals surface area contributed by atoms with Crippen molar-refractivity contribution in [1.29, 1.82) is 0 Å². The molecule has 0 spiro atoms. The summed E-state index contributed by atoms with van der Waals surface area (Å²) in [7, 11) is 12.2. The summed E-state index contributed by atoms with van der Waals surface area (Å²) in [6.45, 7) is 3.96. The number of hydrogen-bond donors (Lipinski definition) is 4. The number of phenols is 1. The first-order chi connectivity index (χ1) is 19.4. The van der Waals surface area contributed by atoms with Gasteiger partial charge in [0.2, 0.25) is 0 Å². The van der Waals surface area contributed by atoms with Gasteiger partial charge in [-0.3, -0.25) is 4.99 Å². The van der Waals surface area contributed by atoms with Crippen molar-refractivity contribution in [3.8, 4) is 5.75 Å². The molecule has 0 saturated carbocycles. The molecular formula is C32H32B2N4O2. The zero-order valence-electron chi connectivity index (χ0n) is 22.6. The average molecular weight is 526 g/mol. The number of benzene rings is 3. The number of dihydropyridines is 1. The fourth-order valence-corrected chi connectivity index (χ4v) is 5.61. The van der Waals surface area contributed by atoms with E-state index in [0.29, 0.717) is 36.5 Å². The van der Waals surface area contributed by atoms with Crippen LogP contribution in [0, 0.1) is 11.8 Å². The third kappa shape index (κ3) is 6.50. The normalized spacial score (nSPS) is 20.2. The zero-order valence-corrected chi connectivity index (χ0v) is 22.6. The Hall–Kier alpha value is -4.19. The molecule has 1 heterocycles. The van der Waals surface area contributed by atoms with E-state index in [9.17, 15) is 9.90 Å². The molecule has 5 rings (SSSR count). The fraction of sp³-hybridized carbons (Fsp3) is 0.250. The van der Waals surface area contributed by atoms with E-state index >= 15 is 0 Å². The number of rotatable bonds is 7. The highest BCUT2D eigenvalue weighted by atomic mass is 16.3. The van der Waals surface area contributed by atoms with Gasteiger partial charge < -0.3 is 21.1 Å². The highest BCUT2D eigenvalue weighted by Crippen LogP contribution is 2.44. The number of allylic oxidation sites excluding steroid dienone is 3. The van der Waals surface area contributed by atoms with E-state index in [0.717, 1.165) is 34.3 Å². The summed E-state index contributed by atoms with van der Waals surface area (Å²) in [4.78, 5) is 16.7. The number of aromatic hydroxyl groups is 1. The SMILES string of the molecule is [B]C1=C2C(CN=C1)CC(NCc1ccc(CNC(=O)Nc3cccc([B])c3)cc1)=CC(c1ccccc1O)[C@@H]2C. The summed E-state index contributed by atoms with van der Waals surface area (Å²) in [5.74, 6) is 0.637. The maximum Gasteiger partial charge on any atom is 0.319 e. The van der Waals surface area contributed by atoms with Crippen LogP contribution in [0.5, 0.6) is 5.75 Å². The van der Waals surface area contributed by atoms with Gasteiger partial charge in [-0.2, -0.15) is 0 Å². The summed E-state index contributed by atoms with van der Waals surface area (Å²) in [6.07, 6.45) is 4.84. The standard InChI is InChI=1S/C32H32B2N4O2/c1-20-28(27-7-2-3-8-30(27)39)15-26(13-23-18-35-19-29(34)31(20)23)36-16-21-9-11-22(12-10-21)17-37-32(40)38-25-6-4-5-24(33)14-25/h2-12,14-15,19-20,23,28,36,39H,13,16-18H2,1H3,(H2,37,38,40)/t20-,23?,28?/m0/s1. The quantitative estimate of drug-likeness (QED) is 0.344. The molecule has 2 unspecified atom stereocenters. The number of para-hydroxylation sites is 1. The van der Waals surface area contributed by atoms with Gasteiger partial charge in [0.15, 0.2) is 0 Å². The van der Waals surface area contributed by atoms with Gasteiger partial charge in [-0.25, -0.2) is 4.79 Å². The van der Waals surface area contributed by atoms with Crippen LogP contribution in [0.2, 0.25) is 0 Å². The number of aliphatic imine (C=N–C) groups is 1. The van der Waals surface area contributed by atoms with E-state index in [1.807, 2.05) is 30.3 Å². The summed E-state index contributed by atoms with van der Waals surface area (Å²) in [5, 5.41) is 20.0. The molecule has 6 nitrogen and oxygen atoms in total. The van der Waals surface area contributed by atoms with Crippen molar-refractivity contribution < 1.29 is 9.90 Å². The van der Waals surface area contributed by atoms with E-state index < -0.39 is 0 Å². The Kier molecular flexibility index (Phi) is 8.44. The highest BCUT2D eigenvalue weighted by molar-refractivity contribution is 6.33. The van der Waals surface area contributed by atoms with Crippen molar-refractivity contribution in [2.75, 3.05) is 11.9 Å². The topological polar surface area (TPSA) is 85.8 Å². The minimum absolute atomic E-state index is 0.0133. The molecule has 8 heteroatoms. The van der Waals surface area contributed by atoms with Crippen LogP contribution in [0.25, 0.3) is 0 Å². The first-order valence-corrected chi connectivity index (χ1v) is 13.6. The molecule has 2 amide bonds. The van der Waals surface area contributed by atoms with Crippen LogP contribution in [0.15, 0.2) is 101 Å². The van der Waals surface area contributed by atoms with Gasteiger partial charge in [-0.05, 0) is 41.7 Å². The number of carbonyl (C=O) groups excluding carboxylic acids is 1. The Morgan fingerprint density at radius 1 is 1.00 bits per heavy atom. The molecule has 0 bridgehead atoms. The van der Waals surface area contributed by atoms with Crippen molar-refractivity contribution in [3.63, 3.8) is 0 Å². The smallest absolute Gasteiger partial charge is 0.319 e. The number of nitrogens with zero attached hydrogens (tertiary/aromatic N) is 1. The lowest BCUT2D eigenvalue weighted by molar-refractivity contribution is 0.251. The van der Waals surface area contributed by atoms with Crippen molar-refractivity contribution in [1.82, 2.24) is 10.6 Å². The van der Waals surface area contributed by atoms with Crippen molar-refractivity contribution in [3.05, 3.63) is 112 Å². The Morgan fingerprint density at radius 3 is 2.50 bits per heavy atom. The van der Waals surface area contributed by atoms with Crippen LogP contribution in [0.3, 0.4) is 0 Å². The first-order valence-electron chi connectivity index (χ1n) is 13.6. The van der Waals surface area contributed by atoms with Gasteiger partial charge in [-0.1, -0.05) is 84.1 Å². The second-order valence-electron chi connectivity index (χ2n) is 10.5. The molecule has 2 aliphatic rings. The summed E-state index contributed by atoms with van der Waals surface area (Å²) in [6, 6.07) is 22.5. The van der Waals surface area contributed by atoms with E-state index in [1.54, 1.807) is 36.5 Å². The second kappa shape index (κ2) is 12.3. The predicted octanol–water partition coefficient (Wildman–Crippen LogP) is 4.43. The van der Waals surface area contributed by atoms with Gasteiger partial charge in [0.1, 0.15) is 21.4 Å². The van der Waals surface area contributed by atoms with Gasteiger partial charge in [0.05, 0.1) is 0 Å². The van der Waals surface area contributed by atoms with Gasteiger partial charge in [0, 0.05) is 54.6 Å². The number of hydrogen-bond acceptors (Lipinski definition) is 4. The average Bonchev–Trinajstić information content (AvgIpc) is 3.08. The molecule has 4 radical (unpaired) electrons. The molecule has 0 fully saturated rings. The van der Waals surface area contributed by atoms with Crippen molar-refractivity contribution in [2.24, 2.45) is 16.8 Å². The number of amides is 2. The van der Waals surface area contributed by atoms with Crippen LogP contribution in [-0.2, 0) is 13.1 Å². The largest absolute Gasteiger partial charge is 0.508 e. The molecule has 0 aromatic heterocycles. The van der Waals surface area contributed by atoms with Gasteiger partial charge >= 0.3 is 6.03 Å². The lowest BCUT2D eigenvalue weighted by atomic mass is 9.72. The minimum atomic E-state index is -0.286. The lowest BCUT2D eigenvalue weighted by Gasteiger charge is -2.30. The number of anilines is 1. The number of fused-ring (bicyclic) bond motifs is 1. The van der Waals surface area contributed by atoms with Crippen LogP contribution >= 0.6 is 0 Å². The van der Waals surface area contributed by atoms with Crippen LogP contribution < -0.4 is 21.4 Å². The number of phenolic OH excluding ortho intramolecular Hbond substituents is 1. The minimum Gasteiger partial charge on any atom is -0.508 e. The van der Waals surface area contributed by atoms with Crippen LogP contribution in [0.1, 0.15) is 36.0 Å². The molecule has 1 aliphatic heterocycles. The Morgan fingerprint density at radius 2 is 1.75 bits per heavy atom. The maximum atomic E-state index is 12.2. The van der Waals surface area contributed by atoms with E-state index in [1.165, 1.54) is 5.57 Å². The molecule has 198 valence electrons. The molecule has 40 heavy (non-hydrogen) atoms. The number of carbonyl (C=O) groups is 1.